The first-order valence-corrected chi connectivity index (χ1v) is 5.12. The van der Waals surface area contributed by atoms with Gasteiger partial charge in [0, 0.05) is 31.4 Å². The Labute approximate surface area is 90.7 Å². The zero-order chi connectivity index (χ0) is 11.4. The van der Waals surface area contributed by atoms with Crippen molar-refractivity contribution < 1.29 is 5.11 Å². The zero-order valence-corrected chi connectivity index (χ0v) is 9.51. The van der Waals surface area contributed by atoms with Gasteiger partial charge in [-0.15, -0.1) is 0 Å². The van der Waals surface area contributed by atoms with Crippen LogP contribution in [0.4, 0.5) is 5.82 Å². The summed E-state index contributed by atoms with van der Waals surface area (Å²) in [5.41, 5.74) is 6.85. The van der Waals surface area contributed by atoms with Crippen LogP contribution >= 0.6 is 0 Å². The van der Waals surface area contributed by atoms with Gasteiger partial charge in [-0.2, -0.15) is 0 Å². The Hall–Kier alpha value is -1.13. The van der Waals surface area contributed by atoms with E-state index in [9.17, 15) is 5.11 Å². The molecule has 15 heavy (non-hydrogen) atoms. The molecule has 1 heterocycles. The number of hydrogen-bond donors (Lipinski definition) is 2. The minimum Gasteiger partial charge on any atom is -0.392 e. The van der Waals surface area contributed by atoms with E-state index < -0.39 is 0 Å². The fourth-order valence-electron chi connectivity index (χ4n) is 1.57. The second-order valence-electron chi connectivity index (χ2n) is 3.93. The maximum absolute atomic E-state index is 9.31. The number of aliphatic hydroxyl groups excluding tert-OH is 1. The van der Waals surface area contributed by atoms with Crippen molar-refractivity contribution in [2.24, 2.45) is 5.73 Å². The minimum atomic E-state index is -0.377. The van der Waals surface area contributed by atoms with Crippen molar-refractivity contribution in [2.75, 3.05) is 18.5 Å². The quantitative estimate of drug-likeness (QED) is 0.774. The van der Waals surface area contributed by atoms with E-state index in [2.05, 4.69) is 4.98 Å². The highest BCUT2D eigenvalue weighted by atomic mass is 16.3. The third-order valence-electron chi connectivity index (χ3n) is 2.21. The number of nitrogens with zero attached hydrogens (tertiary/aromatic N) is 2. The van der Waals surface area contributed by atoms with E-state index in [0.29, 0.717) is 6.54 Å². The Kier molecular flexibility index (Phi) is 4.05. The molecule has 0 aliphatic carbocycles. The lowest BCUT2D eigenvalue weighted by molar-refractivity contribution is 0.201. The molecule has 4 nitrogen and oxygen atoms in total. The molecule has 3 N–H and O–H groups in total. The largest absolute Gasteiger partial charge is 0.392 e. The van der Waals surface area contributed by atoms with Gasteiger partial charge in [0.25, 0.3) is 0 Å². The Bertz CT molecular complexity index is 312. The summed E-state index contributed by atoms with van der Waals surface area (Å²) in [7, 11) is 1.90. The maximum Gasteiger partial charge on any atom is 0.133 e. The topological polar surface area (TPSA) is 62.4 Å². The maximum atomic E-state index is 9.31. The number of aromatic nitrogens is 1. The third-order valence-corrected chi connectivity index (χ3v) is 2.21. The van der Waals surface area contributed by atoms with Crippen LogP contribution in [0.2, 0.25) is 0 Å². The molecule has 0 aliphatic heterocycles. The van der Waals surface area contributed by atoms with Crippen LogP contribution in [0.3, 0.4) is 0 Å². The number of rotatable bonds is 4. The van der Waals surface area contributed by atoms with Crippen LogP contribution in [-0.4, -0.2) is 29.8 Å². The second-order valence-corrected chi connectivity index (χ2v) is 3.93. The first kappa shape index (κ1) is 11.9. The Balaban J connectivity index is 2.92. The molecule has 0 spiro atoms. The monoisotopic (exact) mass is 209 g/mol. The molecule has 1 rings (SSSR count). The molecule has 1 aromatic heterocycles. The van der Waals surface area contributed by atoms with Crippen molar-refractivity contribution in [3.05, 3.63) is 23.9 Å². The number of pyridine rings is 1. The highest BCUT2D eigenvalue weighted by molar-refractivity contribution is 5.47. The number of nitrogens with two attached hydrogens (primary N) is 1. The molecule has 0 amide bonds. The van der Waals surface area contributed by atoms with Gasteiger partial charge in [-0.1, -0.05) is 6.07 Å². The van der Waals surface area contributed by atoms with Crippen LogP contribution in [0.25, 0.3) is 0 Å². The molecule has 0 aromatic carbocycles. The molecule has 0 fully saturated rings. The summed E-state index contributed by atoms with van der Waals surface area (Å²) in [6.45, 7) is 4.23. The van der Waals surface area contributed by atoms with Crippen molar-refractivity contribution in [1.29, 1.82) is 0 Å². The minimum absolute atomic E-state index is 0.0508. The van der Waals surface area contributed by atoms with Crippen LogP contribution < -0.4 is 10.6 Å². The average Bonchev–Trinajstić information content (AvgIpc) is 2.16. The molecule has 1 aromatic rings. The van der Waals surface area contributed by atoms with Crippen molar-refractivity contribution in [2.45, 2.75) is 26.0 Å². The molecule has 0 radical (unpaired) electrons. The van der Waals surface area contributed by atoms with Gasteiger partial charge in [0.05, 0.1) is 6.10 Å². The molecule has 1 unspecified atom stereocenters. The van der Waals surface area contributed by atoms with Crippen molar-refractivity contribution in [1.82, 2.24) is 4.98 Å². The Morgan fingerprint density at radius 2 is 2.20 bits per heavy atom. The van der Waals surface area contributed by atoms with Gasteiger partial charge in [0.2, 0.25) is 0 Å². The number of hydrogen-bond acceptors (Lipinski definition) is 4. The zero-order valence-electron chi connectivity index (χ0n) is 9.51. The van der Waals surface area contributed by atoms with Gasteiger partial charge < -0.3 is 15.7 Å². The van der Waals surface area contributed by atoms with Gasteiger partial charge in [-0.25, -0.2) is 4.98 Å². The van der Waals surface area contributed by atoms with E-state index >= 15 is 0 Å². The van der Waals surface area contributed by atoms with E-state index in [-0.39, 0.29) is 12.1 Å². The van der Waals surface area contributed by atoms with Crippen molar-refractivity contribution in [3.63, 3.8) is 0 Å². The first-order chi connectivity index (χ1) is 7.02. The predicted molar refractivity (Wildman–Crippen MR) is 61.8 cm³/mol. The summed E-state index contributed by atoms with van der Waals surface area (Å²) in [4.78, 5) is 6.21. The lowest BCUT2D eigenvalue weighted by Gasteiger charge is -2.23. The summed E-state index contributed by atoms with van der Waals surface area (Å²) < 4.78 is 0. The fourth-order valence-corrected chi connectivity index (χ4v) is 1.57. The summed E-state index contributed by atoms with van der Waals surface area (Å²) >= 11 is 0. The van der Waals surface area contributed by atoms with Crippen LogP contribution in [0.15, 0.2) is 18.3 Å². The standard InChI is InChI=1S/C11H19N3O/c1-8(15)7-14(3)11-10(9(2)12)5-4-6-13-11/h4-6,8-9,15H,7,12H2,1-3H3/t8?,9-/m1/s1. The number of anilines is 1. The average molecular weight is 209 g/mol. The lowest BCUT2D eigenvalue weighted by atomic mass is 10.1. The highest BCUT2D eigenvalue weighted by Crippen LogP contribution is 2.21. The first-order valence-electron chi connectivity index (χ1n) is 5.12. The van der Waals surface area contributed by atoms with Gasteiger partial charge in [-0.3, -0.25) is 0 Å². The molecule has 0 saturated heterocycles. The van der Waals surface area contributed by atoms with E-state index in [4.69, 9.17) is 5.73 Å². The predicted octanol–water partition coefficient (Wildman–Crippen LogP) is 0.918. The highest BCUT2D eigenvalue weighted by Gasteiger charge is 2.12. The molecule has 84 valence electrons. The normalized spacial score (nSPS) is 14.7. The Morgan fingerprint density at radius 1 is 1.53 bits per heavy atom. The summed E-state index contributed by atoms with van der Waals surface area (Å²) in [6, 6.07) is 3.79. The molecule has 4 heteroatoms. The lowest BCUT2D eigenvalue weighted by Crippen LogP contribution is -2.29. The van der Waals surface area contributed by atoms with E-state index in [1.807, 2.05) is 31.0 Å². The number of likely N-dealkylation sites (N-methyl/N-ethyl adjacent to an activating group) is 1. The molecular formula is C11H19N3O. The third kappa shape index (κ3) is 3.18. The van der Waals surface area contributed by atoms with Gasteiger partial charge >= 0.3 is 0 Å². The smallest absolute Gasteiger partial charge is 0.133 e. The molecule has 0 bridgehead atoms. The second kappa shape index (κ2) is 5.09. The summed E-state index contributed by atoms with van der Waals surface area (Å²) in [5.74, 6) is 0.841. The molecule has 0 saturated carbocycles. The SMILES string of the molecule is CC(O)CN(C)c1ncccc1[C@@H](C)N. The van der Waals surface area contributed by atoms with Gasteiger partial charge in [-0.05, 0) is 19.9 Å². The van der Waals surface area contributed by atoms with Crippen LogP contribution in [0.5, 0.6) is 0 Å². The van der Waals surface area contributed by atoms with E-state index in [1.165, 1.54) is 0 Å². The summed E-state index contributed by atoms with van der Waals surface area (Å²) in [5, 5.41) is 9.31. The fraction of sp³-hybridized carbons (Fsp3) is 0.545. The molecule has 2 atom stereocenters. The van der Waals surface area contributed by atoms with Crippen LogP contribution in [0.1, 0.15) is 25.5 Å². The van der Waals surface area contributed by atoms with E-state index in [0.717, 1.165) is 11.4 Å². The van der Waals surface area contributed by atoms with Crippen LogP contribution in [-0.2, 0) is 0 Å². The molecule has 0 aliphatic rings. The van der Waals surface area contributed by atoms with E-state index in [1.54, 1.807) is 13.1 Å². The number of aliphatic hydroxyl groups is 1. The molecular weight excluding hydrogens is 190 g/mol. The van der Waals surface area contributed by atoms with Crippen LogP contribution in [0, 0.1) is 0 Å². The van der Waals surface area contributed by atoms with Gasteiger partial charge in [0.15, 0.2) is 0 Å². The Morgan fingerprint density at radius 3 is 2.73 bits per heavy atom. The summed E-state index contributed by atoms with van der Waals surface area (Å²) in [6.07, 6.45) is 1.36. The van der Waals surface area contributed by atoms with Crippen molar-refractivity contribution >= 4 is 5.82 Å². The van der Waals surface area contributed by atoms with Gasteiger partial charge in [0.1, 0.15) is 5.82 Å². The van der Waals surface area contributed by atoms with Crippen molar-refractivity contribution in [3.8, 4) is 0 Å².